The van der Waals surface area contributed by atoms with Crippen LogP contribution in [0.25, 0.3) is 0 Å². The van der Waals surface area contributed by atoms with Crippen LogP contribution in [-0.4, -0.2) is 34.3 Å². The number of carbonyl (C=O) groups is 1. The molecule has 0 radical (unpaired) electrons. The third-order valence-electron chi connectivity index (χ3n) is 4.68. The Morgan fingerprint density at radius 2 is 1.89 bits per heavy atom. The Morgan fingerprint density at radius 3 is 2.64 bits per heavy atom. The Labute approximate surface area is 173 Å². The molecule has 1 saturated heterocycles. The van der Waals surface area contributed by atoms with Gasteiger partial charge in [-0.15, -0.1) is 11.8 Å². The van der Waals surface area contributed by atoms with Gasteiger partial charge in [0.05, 0.1) is 5.75 Å². The average Bonchev–Trinajstić information content (AvgIpc) is 2.70. The van der Waals surface area contributed by atoms with E-state index in [9.17, 15) is 9.00 Å². The normalized spacial score (nSPS) is 15.9. The molecule has 1 aliphatic rings. The molecule has 0 aromatic heterocycles. The minimum Gasteiger partial charge on any atom is -0.381 e. The predicted molar refractivity (Wildman–Crippen MR) is 118 cm³/mol. The third kappa shape index (κ3) is 6.76. The van der Waals surface area contributed by atoms with Crippen molar-refractivity contribution in [2.75, 3.05) is 24.3 Å². The van der Waals surface area contributed by atoms with Gasteiger partial charge in [0.2, 0.25) is 5.91 Å². The molecule has 0 aliphatic carbocycles. The average molecular weight is 418 g/mol. The molecule has 0 bridgehead atoms. The van der Waals surface area contributed by atoms with Crippen LogP contribution in [0.15, 0.2) is 48.5 Å². The molecular formula is C22H27NO3S2. The summed E-state index contributed by atoms with van der Waals surface area (Å²) >= 11 is 1.60. The number of ether oxygens (including phenoxy) is 1. The quantitative estimate of drug-likeness (QED) is 0.696. The second-order valence-electron chi connectivity index (χ2n) is 7.06. The fourth-order valence-electron chi connectivity index (χ4n) is 3.10. The molecule has 6 heteroatoms. The van der Waals surface area contributed by atoms with E-state index in [0.717, 1.165) is 29.8 Å². The first-order chi connectivity index (χ1) is 13.6. The van der Waals surface area contributed by atoms with Crippen LogP contribution in [-0.2, 0) is 31.8 Å². The lowest BCUT2D eigenvalue weighted by molar-refractivity contribution is -0.113. The van der Waals surface area contributed by atoms with Crippen LogP contribution in [0.4, 0.5) is 5.69 Å². The molecular weight excluding hydrogens is 390 g/mol. The summed E-state index contributed by atoms with van der Waals surface area (Å²) in [6.07, 6.45) is 1.72. The first-order valence-electron chi connectivity index (χ1n) is 9.57. The van der Waals surface area contributed by atoms with Crippen molar-refractivity contribution >= 4 is 34.2 Å². The van der Waals surface area contributed by atoms with Crippen molar-refractivity contribution in [2.24, 2.45) is 0 Å². The molecule has 1 unspecified atom stereocenters. The Morgan fingerprint density at radius 1 is 1.14 bits per heavy atom. The Hall–Kier alpha value is -1.63. The topological polar surface area (TPSA) is 55.4 Å². The molecule has 1 atom stereocenters. The van der Waals surface area contributed by atoms with Crippen molar-refractivity contribution in [2.45, 2.75) is 36.5 Å². The summed E-state index contributed by atoms with van der Waals surface area (Å²) in [4.78, 5) is 12.2. The molecule has 2 aromatic rings. The van der Waals surface area contributed by atoms with Crippen LogP contribution in [0, 0.1) is 6.92 Å². The molecule has 2 aromatic carbocycles. The number of hydrogen-bond acceptors (Lipinski definition) is 4. The molecule has 1 amide bonds. The van der Waals surface area contributed by atoms with E-state index in [4.69, 9.17) is 4.74 Å². The van der Waals surface area contributed by atoms with E-state index in [1.54, 1.807) is 11.8 Å². The summed E-state index contributed by atoms with van der Waals surface area (Å²) in [5, 5.41) is 3.16. The SMILES string of the molecule is Cc1ccc(CSCC(=O)Nc2cccc(CS(=O)C3CCOCC3)c2)cc1. The number of aryl methyl sites for hydroxylation is 1. The van der Waals surface area contributed by atoms with Crippen molar-refractivity contribution in [1.82, 2.24) is 0 Å². The number of carbonyl (C=O) groups excluding carboxylic acids is 1. The summed E-state index contributed by atoms with van der Waals surface area (Å²) in [6, 6.07) is 16.1. The summed E-state index contributed by atoms with van der Waals surface area (Å²) in [5.41, 5.74) is 4.22. The fourth-order valence-corrected chi connectivity index (χ4v) is 5.35. The highest BCUT2D eigenvalue weighted by Gasteiger charge is 2.20. The molecule has 150 valence electrons. The zero-order valence-corrected chi connectivity index (χ0v) is 17.8. The van der Waals surface area contributed by atoms with E-state index in [1.165, 1.54) is 11.1 Å². The summed E-state index contributed by atoms with van der Waals surface area (Å²) < 4.78 is 17.9. The number of thioether (sulfide) groups is 1. The largest absolute Gasteiger partial charge is 0.381 e. The molecule has 1 heterocycles. The van der Waals surface area contributed by atoms with E-state index in [-0.39, 0.29) is 11.2 Å². The minimum atomic E-state index is -0.903. The zero-order chi connectivity index (χ0) is 19.8. The molecule has 1 N–H and O–H groups in total. The van der Waals surface area contributed by atoms with Crippen LogP contribution in [0.1, 0.15) is 29.5 Å². The lowest BCUT2D eigenvalue weighted by Gasteiger charge is -2.21. The molecule has 1 fully saturated rings. The number of anilines is 1. The van der Waals surface area contributed by atoms with E-state index < -0.39 is 10.8 Å². The maximum absolute atomic E-state index is 12.6. The molecule has 28 heavy (non-hydrogen) atoms. The number of rotatable bonds is 8. The first kappa shape index (κ1) is 21.1. The van der Waals surface area contributed by atoms with Gasteiger partial charge in [-0.3, -0.25) is 9.00 Å². The van der Waals surface area contributed by atoms with Crippen molar-refractivity contribution in [3.8, 4) is 0 Å². The van der Waals surface area contributed by atoms with Crippen molar-refractivity contribution < 1.29 is 13.7 Å². The second kappa shape index (κ2) is 10.8. The van der Waals surface area contributed by atoms with E-state index in [0.29, 0.717) is 24.7 Å². The van der Waals surface area contributed by atoms with E-state index in [2.05, 4.69) is 36.5 Å². The van der Waals surface area contributed by atoms with Gasteiger partial charge in [-0.25, -0.2) is 0 Å². The minimum absolute atomic E-state index is 0.0141. The van der Waals surface area contributed by atoms with Crippen molar-refractivity contribution in [3.63, 3.8) is 0 Å². The van der Waals surface area contributed by atoms with E-state index >= 15 is 0 Å². The summed E-state index contributed by atoms with van der Waals surface area (Å²) in [5.74, 6) is 1.74. The molecule has 1 aliphatic heterocycles. The standard InChI is InChI=1S/C22H27NO3S2/c1-17-5-7-18(8-6-17)14-27-15-22(24)23-20-4-2-3-19(13-20)16-28(25)21-9-11-26-12-10-21/h2-8,13,21H,9-12,14-16H2,1H3,(H,23,24). The number of amides is 1. The fraction of sp³-hybridized carbons (Fsp3) is 0.409. The van der Waals surface area contributed by atoms with Crippen molar-refractivity contribution in [1.29, 1.82) is 0 Å². The van der Waals surface area contributed by atoms with E-state index in [1.807, 2.05) is 24.3 Å². The second-order valence-corrected chi connectivity index (χ2v) is 9.77. The van der Waals surface area contributed by atoms with Crippen LogP contribution in [0.3, 0.4) is 0 Å². The van der Waals surface area contributed by atoms with Gasteiger partial charge in [0.1, 0.15) is 0 Å². The van der Waals surface area contributed by atoms with Crippen LogP contribution >= 0.6 is 11.8 Å². The maximum atomic E-state index is 12.6. The number of hydrogen-bond donors (Lipinski definition) is 1. The van der Waals surface area contributed by atoms with Gasteiger partial charge in [0, 0.05) is 46.5 Å². The molecule has 3 rings (SSSR count). The Kier molecular flexibility index (Phi) is 8.13. The van der Waals surface area contributed by atoms with Crippen molar-refractivity contribution in [3.05, 3.63) is 65.2 Å². The van der Waals surface area contributed by atoms with Gasteiger partial charge in [0.25, 0.3) is 0 Å². The number of nitrogens with one attached hydrogen (secondary N) is 1. The Bertz CT molecular complexity index is 802. The first-order valence-corrected chi connectivity index (χ1v) is 12.1. The highest BCUT2D eigenvalue weighted by atomic mass is 32.2. The van der Waals surface area contributed by atoms with Crippen LogP contribution < -0.4 is 5.32 Å². The van der Waals surface area contributed by atoms with Gasteiger partial charge in [-0.1, -0.05) is 42.0 Å². The Balaban J connectivity index is 1.45. The lowest BCUT2D eigenvalue weighted by Crippen LogP contribution is -2.25. The van der Waals surface area contributed by atoms with Gasteiger partial charge < -0.3 is 10.1 Å². The smallest absolute Gasteiger partial charge is 0.234 e. The van der Waals surface area contributed by atoms with Crippen LogP contribution in [0.2, 0.25) is 0 Å². The highest BCUT2D eigenvalue weighted by molar-refractivity contribution is 7.99. The zero-order valence-electron chi connectivity index (χ0n) is 16.2. The monoisotopic (exact) mass is 417 g/mol. The molecule has 0 spiro atoms. The summed E-state index contributed by atoms with van der Waals surface area (Å²) in [6.45, 7) is 3.47. The predicted octanol–water partition coefficient (Wildman–Crippen LogP) is 4.29. The summed E-state index contributed by atoms with van der Waals surface area (Å²) in [7, 11) is -0.903. The molecule has 4 nitrogen and oxygen atoms in total. The van der Waals surface area contributed by atoms with Crippen LogP contribution in [0.5, 0.6) is 0 Å². The highest BCUT2D eigenvalue weighted by Crippen LogP contribution is 2.19. The maximum Gasteiger partial charge on any atom is 0.234 e. The van der Waals surface area contributed by atoms with Gasteiger partial charge in [-0.05, 0) is 43.0 Å². The third-order valence-corrected chi connectivity index (χ3v) is 7.52. The number of benzene rings is 2. The van der Waals surface area contributed by atoms with Gasteiger partial charge in [0.15, 0.2) is 0 Å². The van der Waals surface area contributed by atoms with Gasteiger partial charge >= 0.3 is 0 Å². The lowest BCUT2D eigenvalue weighted by atomic mass is 10.2. The van der Waals surface area contributed by atoms with Gasteiger partial charge in [-0.2, -0.15) is 0 Å². The molecule has 0 saturated carbocycles.